The molecule has 0 bridgehead atoms. The molecule has 0 aromatic heterocycles. The lowest BCUT2D eigenvalue weighted by Crippen LogP contribution is -2.46. The molecular formula is C31H35F3N4O. The molecule has 0 saturated carbocycles. The Bertz CT molecular complexity index is 1210. The zero-order chi connectivity index (χ0) is 27.2. The third-order valence-electron chi connectivity index (χ3n) is 7.73. The summed E-state index contributed by atoms with van der Waals surface area (Å²) in [5, 5.41) is 5.99. The first-order valence-electron chi connectivity index (χ1n) is 13.7. The van der Waals surface area contributed by atoms with Crippen molar-refractivity contribution in [3.63, 3.8) is 0 Å². The van der Waals surface area contributed by atoms with Crippen molar-refractivity contribution < 1.29 is 18.0 Å². The van der Waals surface area contributed by atoms with Crippen molar-refractivity contribution in [3.8, 4) is 0 Å². The Morgan fingerprint density at radius 3 is 1.90 bits per heavy atom. The number of likely N-dealkylation sites (tertiary alicyclic amines) is 2. The average molecular weight is 537 g/mol. The molecule has 3 aromatic carbocycles. The van der Waals surface area contributed by atoms with Crippen molar-refractivity contribution in [2.75, 3.05) is 36.8 Å². The van der Waals surface area contributed by atoms with Gasteiger partial charge < -0.3 is 15.5 Å². The van der Waals surface area contributed by atoms with Gasteiger partial charge in [-0.2, -0.15) is 13.2 Å². The van der Waals surface area contributed by atoms with Crippen LogP contribution >= 0.6 is 0 Å². The van der Waals surface area contributed by atoms with Crippen LogP contribution in [-0.4, -0.2) is 47.9 Å². The minimum Gasteiger partial charge on any atom is -0.356 e. The second-order valence-electron chi connectivity index (χ2n) is 10.5. The minimum atomic E-state index is -4.36. The van der Waals surface area contributed by atoms with Gasteiger partial charge in [-0.05, 0) is 118 Å². The highest BCUT2D eigenvalue weighted by atomic mass is 19.4. The Labute approximate surface area is 228 Å². The molecule has 2 aliphatic rings. The number of carbonyl (C=O) groups excluding carboxylic acids is 1. The van der Waals surface area contributed by atoms with E-state index in [2.05, 4.69) is 32.6 Å². The number of rotatable bonds is 7. The van der Waals surface area contributed by atoms with E-state index in [1.165, 1.54) is 62.9 Å². The first-order valence-corrected chi connectivity index (χ1v) is 13.7. The van der Waals surface area contributed by atoms with Crippen molar-refractivity contribution in [1.29, 1.82) is 0 Å². The van der Waals surface area contributed by atoms with Crippen LogP contribution < -0.4 is 10.6 Å². The SMILES string of the molecule is O=C(Nc1ccc(CN2CCC(N3CCCCC3)CC2)cc1)c1ccc(Nc2ccc(C(F)(F)F)cc2)cc1. The van der Waals surface area contributed by atoms with Crippen LogP contribution in [0.2, 0.25) is 0 Å². The molecule has 39 heavy (non-hydrogen) atoms. The molecule has 0 unspecified atom stereocenters. The fourth-order valence-corrected chi connectivity index (χ4v) is 5.50. The van der Waals surface area contributed by atoms with Gasteiger partial charge in [0.05, 0.1) is 5.56 Å². The predicted molar refractivity (Wildman–Crippen MR) is 149 cm³/mol. The van der Waals surface area contributed by atoms with Gasteiger partial charge in [0.15, 0.2) is 0 Å². The zero-order valence-electron chi connectivity index (χ0n) is 22.0. The van der Waals surface area contributed by atoms with Crippen LogP contribution in [0.15, 0.2) is 72.8 Å². The first kappa shape index (κ1) is 27.2. The molecule has 1 amide bonds. The van der Waals surface area contributed by atoms with Crippen molar-refractivity contribution >= 4 is 23.0 Å². The second-order valence-corrected chi connectivity index (χ2v) is 10.5. The van der Waals surface area contributed by atoms with E-state index in [1.54, 1.807) is 24.3 Å². The molecule has 2 saturated heterocycles. The maximum Gasteiger partial charge on any atom is 0.416 e. The maximum atomic E-state index is 12.7. The average Bonchev–Trinajstić information content (AvgIpc) is 2.95. The Morgan fingerprint density at radius 2 is 1.31 bits per heavy atom. The van der Waals surface area contributed by atoms with Crippen LogP contribution in [0.3, 0.4) is 0 Å². The Kier molecular flexibility index (Phi) is 8.53. The molecule has 0 radical (unpaired) electrons. The summed E-state index contributed by atoms with van der Waals surface area (Å²) in [6.45, 7) is 5.71. The van der Waals surface area contributed by atoms with E-state index in [0.29, 0.717) is 16.9 Å². The van der Waals surface area contributed by atoms with E-state index in [9.17, 15) is 18.0 Å². The topological polar surface area (TPSA) is 47.6 Å². The number of nitrogens with zero attached hydrogens (tertiary/aromatic N) is 2. The fourth-order valence-electron chi connectivity index (χ4n) is 5.50. The van der Waals surface area contributed by atoms with Crippen LogP contribution in [0, 0.1) is 0 Å². The highest BCUT2D eigenvalue weighted by Crippen LogP contribution is 2.30. The second kappa shape index (κ2) is 12.2. The number of benzene rings is 3. The lowest BCUT2D eigenvalue weighted by Gasteiger charge is -2.40. The van der Waals surface area contributed by atoms with E-state index in [-0.39, 0.29) is 5.91 Å². The van der Waals surface area contributed by atoms with Gasteiger partial charge in [0, 0.05) is 35.2 Å². The molecule has 8 heteroatoms. The number of piperidine rings is 2. The van der Waals surface area contributed by atoms with Gasteiger partial charge in [-0.25, -0.2) is 0 Å². The number of carbonyl (C=O) groups is 1. The third kappa shape index (κ3) is 7.40. The summed E-state index contributed by atoms with van der Waals surface area (Å²) in [5.74, 6) is -0.219. The number of hydrogen-bond donors (Lipinski definition) is 2. The van der Waals surface area contributed by atoms with Crippen molar-refractivity contribution in [3.05, 3.63) is 89.5 Å². The fraction of sp³-hybridized carbons (Fsp3) is 0.387. The van der Waals surface area contributed by atoms with Crippen LogP contribution in [0.4, 0.5) is 30.2 Å². The predicted octanol–water partition coefficient (Wildman–Crippen LogP) is 7.15. The number of anilines is 3. The van der Waals surface area contributed by atoms with Crippen LogP contribution in [-0.2, 0) is 12.7 Å². The van der Waals surface area contributed by atoms with Gasteiger partial charge in [0.2, 0.25) is 0 Å². The van der Waals surface area contributed by atoms with Gasteiger partial charge in [-0.3, -0.25) is 9.69 Å². The van der Waals surface area contributed by atoms with E-state index in [1.807, 2.05) is 12.1 Å². The summed E-state index contributed by atoms with van der Waals surface area (Å²) in [5.41, 5.74) is 2.99. The molecule has 2 fully saturated rings. The Balaban J connectivity index is 1.08. The largest absolute Gasteiger partial charge is 0.416 e. The van der Waals surface area contributed by atoms with Gasteiger partial charge >= 0.3 is 6.18 Å². The normalized spacial score (nSPS) is 17.6. The van der Waals surface area contributed by atoms with Gasteiger partial charge in [-0.15, -0.1) is 0 Å². The molecular weight excluding hydrogens is 501 g/mol. The molecule has 2 N–H and O–H groups in total. The molecule has 2 aliphatic heterocycles. The number of amides is 1. The maximum absolute atomic E-state index is 12.7. The summed E-state index contributed by atoms with van der Waals surface area (Å²) in [7, 11) is 0. The van der Waals surface area contributed by atoms with E-state index in [0.717, 1.165) is 43.5 Å². The molecule has 3 aromatic rings. The number of nitrogens with one attached hydrogen (secondary N) is 2. The standard InChI is InChI=1S/C31H35F3N4O/c32-31(33,34)25-8-14-27(15-9-25)35-26-12-6-24(7-13-26)30(39)36-28-10-4-23(5-11-28)22-37-20-16-29(17-21-37)38-18-2-1-3-19-38/h4-15,29,35H,1-3,16-22H2,(H,36,39). The highest BCUT2D eigenvalue weighted by Gasteiger charge is 2.30. The quantitative estimate of drug-likeness (QED) is 0.337. The molecule has 5 rings (SSSR count). The third-order valence-corrected chi connectivity index (χ3v) is 7.73. The molecule has 5 nitrogen and oxygen atoms in total. The summed E-state index contributed by atoms with van der Waals surface area (Å²) < 4.78 is 38.2. The lowest BCUT2D eigenvalue weighted by molar-refractivity contribution is -0.137. The van der Waals surface area contributed by atoms with Gasteiger partial charge in [0.1, 0.15) is 0 Å². The van der Waals surface area contributed by atoms with E-state index in [4.69, 9.17) is 0 Å². The number of halogens is 3. The van der Waals surface area contributed by atoms with Crippen LogP contribution in [0.1, 0.15) is 53.6 Å². The molecule has 0 spiro atoms. The first-order chi connectivity index (χ1) is 18.8. The number of hydrogen-bond acceptors (Lipinski definition) is 4. The minimum absolute atomic E-state index is 0.219. The van der Waals surface area contributed by atoms with E-state index < -0.39 is 11.7 Å². The van der Waals surface area contributed by atoms with Crippen molar-refractivity contribution in [2.24, 2.45) is 0 Å². The van der Waals surface area contributed by atoms with Crippen LogP contribution in [0.5, 0.6) is 0 Å². The summed E-state index contributed by atoms with van der Waals surface area (Å²) in [6, 6.07) is 20.4. The van der Waals surface area contributed by atoms with Crippen molar-refractivity contribution in [1.82, 2.24) is 9.80 Å². The monoisotopic (exact) mass is 536 g/mol. The lowest BCUT2D eigenvalue weighted by atomic mass is 9.99. The Hall–Kier alpha value is -3.36. The van der Waals surface area contributed by atoms with Gasteiger partial charge in [0.25, 0.3) is 5.91 Å². The Morgan fingerprint density at radius 1 is 0.744 bits per heavy atom. The van der Waals surface area contributed by atoms with Crippen molar-refractivity contribution in [2.45, 2.75) is 50.9 Å². The summed E-state index contributed by atoms with van der Waals surface area (Å²) >= 11 is 0. The highest BCUT2D eigenvalue weighted by molar-refractivity contribution is 6.04. The molecule has 206 valence electrons. The molecule has 2 heterocycles. The van der Waals surface area contributed by atoms with Crippen LogP contribution in [0.25, 0.3) is 0 Å². The van der Waals surface area contributed by atoms with E-state index >= 15 is 0 Å². The number of alkyl halides is 3. The molecule has 0 atom stereocenters. The zero-order valence-corrected chi connectivity index (χ0v) is 22.0. The molecule has 0 aliphatic carbocycles. The summed E-state index contributed by atoms with van der Waals surface area (Å²) in [4.78, 5) is 17.9. The van der Waals surface area contributed by atoms with Gasteiger partial charge in [-0.1, -0.05) is 18.6 Å². The summed E-state index contributed by atoms with van der Waals surface area (Å²) in [6.07, 6.45) is 2.19. The smallest absolute Gasteiger partial charge is 0.356 e.